The van der Waals surface area contributed by atoms with Crippen LogP contribution in [0.5, 0.6) is 0 Å². The topological polar surface area (TPSA) is 68.0 Å². The highest BCUT2D eigenvalue weighted by atomic mass is 35.5. The number of thiazole rings is 1. The van der Waals surface area contributed by atoms with Gasteiger partial charge in [0.1, 0.15) is 0 Å². The highest BCUT2D eigenvalue weighted by molar-refractivity contribution is 7.09. The molecule has 1 heterocycles. The summed E-state index contributed by atoms with van der Waals surface area (Å²) in [6.45, 7) is 1.99. The summed E-state index contributed by atoms with van der Waals surface area (Å²) in [6, 6.07) is 7.81. The van der Waals surface area contributed by atoms with Crippen molar-refractivity contribution >= 4 is 35.3 Å². The summed E-state index contributed by atoms with van der Waals surface area (Å²) in [5, 5.41) is 6.06. The van der Waals surface area contributed by atoms with Gasteiger partial charge in [0.2, 0.25) is 5.91 Å². The number of nitrogens with two attached hydrogens (primary N) is 1. The second-order valence-corrected chi connectivity index (χ2v) is 6.58. The molecule has 0 spiro atoms. The molecule has 118 valence electrons. The van der Waals surface area contributed by atoms with Crippen molar-refractivity contribution in [3.63, 3.8) is 0 Å². The van der Waals surface area contributed by atoms with Gasteiger partial charge < -0.3 is 11.1 Å². The molecular weight excluding hydrogens is 318 g/mol. The van der Waals surface area contributed by atoms with Crippen molar-refractivity contribution in [3.8, 4) is 11.3 Å². The van der Waals surface area contributed by atoms with E-state index in [0.29, 0.717) is 0 Å². The number of aromatic nitrogens is 1. The number of halogens is 1. The summed E-state index contributed by atoms with van der Waals surface area (Å²) >= 11 is 1.64. The highest BCUT2D eigenvalue weighted by Gasteiger charge is 2.30. The standard InChI is InChI=1S/C16H19N3OS.ClH/c1-10-18-15(9-21-10)11-5-7-12(8-6-11)19-16(20)13-3-2-4-14(13)17;/h5-9,13-14H,2-4,17H2,1H3,(H,19,20);1H. The van der Waals surface area contributed by atoms with Gasteiger partial charge in [0.25, 0.3) is 0 Å². The molecule has 0 bridgehead atoms. The number of rotatable bonds is 3. The average molecular weight is 338 g/mol. The summed E-state index contributed by atoms with van der Waals surface area (Å²) in [5.74, 6) is -0.0110. The lowest BCUT2D eigenvalue weighted by atomic mass is 10.0. The van der Waals surface area contributed by atoms with Gasteiger partial charge in [-0.25, -0.2) is 4.98 Å². The first-order valence-corrected chi connectivity index (χ1v) is 8.10. The van der Waals surface area contributed by atoms with Crippen LogP contribution in [-0.4, -0.2) is 16.9 Å². The Bertz CT molecular complexity index is 641. The Labute approximate surface area is 140 Å². The monoisotopic (exact) mass is 337 g/mol. The molecule has 3 rings (SSSR count). The Kier molecular flexibility index (Phi) is 5.56. The maximum absolute atomic E-state index is 12.2. The van der Waals surface area contributed by atoms with Gasteiger partial charge in [-0.15, -0.1) is 23.7 Å². The van der Waals surface area contributed by atoms with Crippen LogP contribution < -0.4 is 11.1 Å². The SMILES string of the molecule is Cc1nc(-c2ccc(NC(=O)C3CCCC3N)cc2)cs1.Cl. The molecule has 1 saturated carbocycles. The number of nitrogens with zero attached hydrogens (tertiary/aromatic N) is 1. The van der Waals surface area contributed by atoms with Crippen LogP contribution in [0.2, 0.25) is 0 Å². The number of benzene rings is 1. The number of aryl methyl sites for hydroxylation is 1. The van der Waals surface area contributed by atoms with Crippen LogP contribution in [0.4, 0.5) is 5.69 Å². The molecule has 1 aromatic carbocycles. The third-order valence-electron chi connectivity index (χ3n) is 3.97. The molecule has 0 saturated heterocycles. The maximum Gasteiger partial charge on any atom is 0.229 e. The van der Waals surface area contributed by atoms with E-state index in [9.17, 15) is 4.79 Å². The second-order valence-electron chi connectivity index (χ2n) is 5.52. The Morgan fingerprint density at radius 1 is 1.32 bits per heavy atom. The molecule has 2 aromatic rings. The van der Waals surface area contributed by atoms with E-state index >= 15 is 0 Å². The van der Waals surface area contributed by atoms with Crippen LogP contribution in [0, 0.1) is 12.8 Å². The first-order valence-electron chi connectivity index (χ1n) is 7.22. The highest BCUT2D eigenvalue weighted by Crippen LogP contribution is 2.26. The van der Waals surface area contributed by atoms with E-state index in [0.717, 1.165) is 41.2 Å². The van der Waals surface area contributed by atoms with Gasteiger partial charge in [0.15, 0.2) is 0 Å². The fourth-order valence-corrected chi connectivity index (χ4v) is 3.39. The fraction of sp³-hybridized carbons (Fsp3) is 0.375. The zero-order valence-corrected chi connectivity index (χ0v) is 14.0. The van der Waals surface area contributed by atoms with Crippen LogP contribution in [-0.2, 0) is 4.79 Å². The maximum atomic E-state index is 12.2. The fourth-order valence-electron chi connectivity index (χ4n) is 2.77. The zero-order chi connectivity index (χ0) is 14.8. The summed E-state index contributed by atoms with van der Waals surface area (Å²) in [5.41, 5.74) is 8.83. The van der Waals surface area contributed by atoms with E-state index in [1.807, 2.05) is 36.6 Å². The summed E-state index contributed by atoms with van der Waals surface area (Å²) in [6.07, 6.45) is 2.88. The molecule has 0 radical (unpaired) electrons. The number of hydrogen-bond donors (Lipinski definition) is 2. The van der Waals surface area contributed by atoms with Crippen molar-refractivity contribution in [2.45, 2.75) is 32.2 Å². The van der Waals surface area contributed by atoms with Crippen LogP contribution in [0.1, 0.15) is 24.3 Å². The molecule has 1 aliphatic rings. The number of carbonyl (C=O) groups excluding carboxylic acids is 1. The molecule has 22 heavy (non-hydrogen) atoms. The van der Waals surface area contributed by atoms with Crippen molar-refractivity contribution in [3.05, 3.63) is 34.7 Å². The van der Waals surface area contributed by atoms with Crippen LogP contribution in [0.15, 0.2) is 29.6 Å². The molecule has 1 fully saturated rings. The minimum atomic E-state index is -0.0501. The third kappa shape index (κ3) is 3.66. The summed E-state index contributed by atoms with van der Waals surface area (Å²) in [4.78, 5) is 16.6. The van der Waals surface area contributed by atoms with Gasteiger partial charge in [-0.2, -0.15) is 0 Å². The molecule has 0 aliphatic heterocycles. The quantitative estimate of drug-likeness (QED) is 0.899. The van der Waals surface area contributed by atoms with E-state index in [-0.39, 0.29) is 30.3 Å². The Hall–Kier alpha value is -1.43. The van der Waals surface area contributed by atoms with E-state index in [2.05, 4.69) is 10.3 Å². The van der Waals surface area contributed by atoms with E-state index < -0.39 is 0 Å². The molecular formula is C16H20ClN3OS. The predicted molar refractivity (Wildman–Crippen MR) is 93.5 cm³/mol. The van der Waals surface area contributed by atoms with E-state index in [1.54, 1.807) is 11.3 Å². The third-order valence-corrected chi connectivity index (χ3v) is 4.75. The average Bonchev–Trinajstić information content (AvgIpc) is 3.08. The lowest BCUT2D eigenvalue weighted by molar-refractivity contribution is -0.120. The Morgan fingerprint density at radius 3 is 2.59 bits per heavy atom. The van der Waals surface area contributed by atoms with Gasteiger partial charge in [0.05, 0.1) is 16.6 Å². The van der Waals surface area contributed by atoms with Crippen LogP contribution >= 0.6 is 23.7 Å². The van der Waals surface area contributed by atoms with Crippen molar-refractivity contribution in [1.82, 2.24) is 4.98 Å². The van der Waals surface area contributed by atoms with Crippen molar-refractivity contribution in [2.75, 3.05) is 5.32 Å². The van der Waals surface area contributed by atoms with Crippen LogP contribution in [0.3, 0.4) is 0 Å². The Balaban J connectivity index is 0.00000176. The number of nitrogens with one attached hydrogen (secondary N) is 1. The minimum absolute atomic E-state index is 0. The zero-order valence-electron chi connectivity index (χ0n) is 12.4. The van der Waals surface area contributed by atoms with Crippen LogP contribution in [0.25, 0.3) is 11.3 Å². The first kappa shape index (κ1) is 16.9. The van der Waals surface area contributed by atoms with Crippen molar-refractivity contribution in [1.29, 1.82) is 0 Å². The molecule has 1 aromatic heterocycles. The number of carbonyl (C=O) groups is 1. The molecule has 4 nitrogen and oxygen atoms in total. The molecule has 1 aliphatic carbocycles. The molecule has 6 heteroatoms. The van der Waals surface area contributed by atoms with Gasteiger partial charge in [-0.05, 0) is 31.9 Å². The lowest BCUT2D eigenvalue weighted by Crippen LogP contribution is -2.34. The smallest absolute Gasteiger partial charge is 0.229 e. The molecule has 3 N–H and O–H groups in total. The predicted octanol–water partition coefficient (Wildman–Crippen LogP) is 3.61. The van der Waals surface area contributed by atoms with Gasteiger partial charge >= 0.3 is 0 Å². The molecule has 1 amide bonds. The molecule has 2 unspecified atom stereocenters. The lowest BCUT2D eigenvalue weighted by Gasteiger charge is -2.15. The number of anilines is 1. The van der Waals surface area contributed by atoms with E-state index in [1.165, 1.54) is 0 Å². The van der Waals surface area contributed by atoms with Crippen molar-refractivity contribution in [2.24, 2.45) is 11.7 Å². The first-order chi connectivity index (χ1) is 10.1. The number of hydrogen-bond acceptors (Lipinski definition) is 4. The second kappa shape index (κ2) is 7.22. The molecule has 2 atom stereocenters. The minimum Gasteiger partial charge on any atom is -0.327 e. The summed E-state index contributed by atoms with van der Waals surface area (Å²) < 4.78 is 0. The van der Waals surface area contributed by atoms with Gasteiger partial charge in [-0.1, -0.05) is 18.6 Å². The number of amides is 1. The van der Waals surface area contributed by atoms with Gasteiger partial charge in [0, 0.05) is 22.7 Å². The summed E-state index contributed by atoms with van der Waals surface area (Å²) in [7, 11) is 0. The van der Waals surface area contributed by atoms with Gasteiger partial charge in [-0.3, -0.25) is 4.79 Å². The normalized spacial score (nSPS) is 20.5. The largest absolute Gasteiger partial charge is 0.327 e. The van der Waals surface area contributed by atoms with Crippen molar-refractivity contribution < 1.29 is 4.79 Å². The Morgan fingerprint density at radius 2 is 2.05 bits per heavy atom. The van der Waals surface area contributed by atoms with E-state index in [4.69, 9.17) is 5.73 Å².